The van der Waals surface area contributed by atoms with Crippen molar-refractivity contribution in [3.8, 4) is 28.2 Å². The number of halogens is 1. The molecule has 0 amide bonds. The van der Waals surface area contributed by atoms with Gasteiger partial charge in [0.1, 0.15) is 5.75 Å². The number of rotatable bonds is 8. The summed E-state index contributed by atoms with van der Waals surface area (Å²) in [6, 6.07) is 19.3. The molecule has 6 nitrogen and oxygen atoms in total. The summed E-state index contributed by atoms with van der Waals surface area (Å²) in [6.45, 7) is 0. The van der Waals surface area contributed by atoms with E-state index in [2.05, 4.69) is 21.0 Å². The fraction of sp³-hybridized carbons (Fsp3) is 0.136. The summed E-state index contributed by atoms with van der Waals surface area (Å²) in [5.74, 6) is 2.71. The zero-order valence-electron chi connectivity index (χ0n) is 16.6. The van der Waals surface area contributed by atoms with Crippen LogP contribution in [0.2, 0.25) is 5.02 Å². The number of anilines is 1. The fourth-order valence-electron chi connectivity index (χ4n) is 3.01. The molecule has 2 aromatic heterocycles. The number of hydrogen-bond donors (Lipinski definition) is 1. The first kappa shape index (κ1) is 21.2. The molecule has 0 bridgehead atoms. The number of aromatic nitrogens is 3. The van der Waals surface area contributed by atoms with Gasteiger partial charge in [0.05, 0.1) is 29.3 Å². The van der Waals surface area contributed by atoms with Gasteiger partial charge in [-0.2, -0.15) is 5.26 Å². The van der Waals surface area contributed by atoms with Crippen LogP contribution in [-0.2, 0) is 6.42 Å². The molecule has 2 heterocycles. The lowest BCUT2D eigenvalue weighted by Crippen LogP contribution is -2.05. The third-order valence-corrected chi connectivity index (χ3v) is 6.38. The molecule has 4 rings (SSSR count). The van der Waals surface area contributed by atoms with Crippen LogP contribution in [0.4, 0.5) is 5.95 Å². The van der Waals surface area contributed by atoms with Gasteiger partial charge in [-0.15, -0.1) is 21.5 Å². The summed E-state index contributed by atoms with van der Waals surface area (Å²) in [5, 5.41) is 20.9. The van der Waals surface area contributed by atoms with Crippen LogP contribution in [0.1, 0.15) is 11.1 Å². The summed E-state index contributed by atoms with van der Waals surface area (Å²) in [7, 11) is 1.61. The molecule has 1 N–H and O–H groups in total. The summed E-state index contributed by atoms with van der Waals surface area (Å²) in [4.78, 5) is 0.969. The summed E-state index contributed by atoms with van der Waals surface area (Å²) >= 11 is 9.07. The summed E-state index contributed by atoms with van der Waals surface area (Å²) in [6.07, 6.45) is 0.883. The number of ether oxygens (including phenoxy) is 1. The van der Waals surface area contributed by atoms with Gasteiger partial charge in [0.25, 0.3) is 0 Å². The molecular weight excluding hydrogens is 450 g/mol. The van der Waals surface area contributed by atoms with Crippen molar-refractivity contribution in [3.63, 3.8) is 0 Å². The van der Waals surface area contributed by atoms with Crippen LogP contribution in [0.5, 0.6) is 5.75 Å². The van der Waals surface area contributed by atoms with Gasteiger partial charge in [0, 0.05) is 10.8 Å². The Kier molecular flexibility index (Phi) is 6.77. The van der Waals surface area contributed by atoms with Crippen molar-refractivity contribution in [2.45, 2.75) is 6.42 Å². The minimum Gasteiger partial charge on any atom is -0.495 e. The Morgan fingerprint density at radius 3 is 2.74 bits per heavy atom. The second-order valence-electron chi connectivity index (χ2n) is 6.49. The molecule has 0 atom stereocenters. The number of nitrogens with zero attached hydrogens (tertiary/aromatic N) is 4. The Bertz CT molecular complexity index is 1200. The van der Waals surface area contributed by atoms with E-state index in [-0.39, 0.29) is 0 Å². The van der Waals surface area contributed by atoms with Crippen LogP contribution in [-0.4, -0.2) is 27.6 Å². The lowest BCUT2D eigenvalue weighted by Gasteiger charge is -2.14. The first-order valence-electron chi connectivity index (χ1n) is 9.39. The van der Waals surface area contributed by atoms with Crippen molar-refractivity contribution < 1.29 is 4.74 Å². The third kappa shape index (κ3) is 4.85. The molecule has 0 radical (unpaired) electrons. The van der Waals surface area contributed by atoms with Crippen LogP contribution in [0.3, 0.4) is 0 Å². The van der Waals surface area contributed by atoms with E-state index in [1.807, 2.05) is 46.3 Å². The van der Waals surface area contributed by atoms with Gasteiger partial charge in [-0.1, -0.05) is 29.8 Å². The number of thiophene rings is 1. The van der Waals surface area contributed by atoms with Gasteiger partial charge < -0.3 is 4.74 Å². The number of aryl methyl sites for hydroxylation is 1. The van der Waals surface area contributed by atoms with E-state index < -0.39 is 0 Å². The van der Waals surface area contributed by atoms with Crippen LogP contribution >= 0.6 is 34.9 Å². The third-order valence-electron chi connectivity index (χ3n) is 4.52. The van der Waals surface area contributed by atoms with E-state index in [9.17, 15) is 5.26 Å². The van der Waals surface area contributed by atoms with Gasteiger partial charge >= 0.3 is 0 Å². The van der Waals surface area contributed by atoms with Crippen molar-refractivity contribution in [1.29, 1.82) is 5.26 Å². The molecule has 0 aliphatic heterocycles. The number of methoxy groups -OCH3 is 1. The Morgan fingerprint density at radius 1 is 1.19 bits per heavy atom. The Morgan fingerprint density at radius 2 is 2.03 bits per heavy atom. The quantitative estimate of drug-likeness (QED) is 0.259. The maximum absolute atomic E-state index is 9.39. The lowest BCUT2D eigenvalue weighted by molar-refractivity contribution is 0.413. The smallest absolute Gasteiger partial charge is 0.239 e. The summed E-state index contributed by atoms with van der Waals surface area (Å²) < 4.78 is 10.8. The van der Waals surface area contributed by atoms with Crippen molar-refractivity contribution in [1.82, 2.24) is 14.8 Å². The van der Waals surface area contributed by atoms with Gasteiger partial charge in [-0.3, -0.25) is 9.29 Å². The van der Waals surface area contributed by atoms with Crippen LogP contribution in [0.25, 0.3) is 16.4 Å². The fourth-order valence-corrected chi connectivity index (χ4v) is 4.54. The average Bonchev–Trinajstić information content (AvgIpc) is 3.47. The molecule has 31 heavy (non-hydrogen) atoms. The first-order valence-corrected chi connectivity index (χ1v) is 11.6. The molecule has 0 aliphatic rings. The molecular formula is C22H18ClN5OS2. The molecule has 156 valence electrons. The lowest BCUT2D eigenvalue weighted by atomic mass is 10.2. The zero-order valence-corrected chi connectivity index (χ0v) is 19.0. The molecule has 2 aromatic carbocycles. The van der Waals surface area contributed by atoms with Crippen molar-refractivity contribution in [2.24, 2.45) is 0 Å². The molecule has 0 saturated heterocycles. The van der Waals surface area contributed by atoms with Gasteiger partial charge in [-0.05, 0) is 65.7 Å². The number of nitriles is 1. The van der Waals surface area contributed by atoms with E-state index in [1.165, 1.54) is 17.5 Å². The highest BCUT2D eigenvalue weighted by atomic mass is 35.5. The molecule has 0 unspecified atom stereocenters. The first-order chi connectivity index (χ1) is 15.2. The molecule has 0 aliphatic carbocycles. The highest BCUT2D eigenvalue weighted by Crippen LogP contribution is 2.34. The van der Waals surface area contributed by atoms with Crippen molar-refractivity contribution in [2.75, 3.05) is 17.6 Å². The van der Waals surface area contributed by atoms with Gasteiger partial charge in [0.2, 0.25) is 5.95 Å². The van der Waals surface area contributed by atoms with Crippen LogP contribution in [0, 0.1) is 11.3 Å². The number of hydrogen-bond acceptors (Lipinski definition) is 7. The van der Waals surface area contributed by atoms with E-state index in [1.54, 1.807) is 36.6 Å². The van der Waals surface area contributed by atoms with E-state index in [0.29, 0.717) is 28.8 Å². The molecule has 0 saturated carbocycles. The SMILES string of the molecule is COc1ccc(C#N)cc1-n1c(NSCCc2ccc(Cl)cc2)nnc1-c1cccs1. The van der Waals surface area contributed by atoms with Crippen LogP contribution < -0.4 is 9.46 Å². The largest absolute Gasteiger partial charge is 0.495 e. The van der Waals surface area contributed by atoms with Gasteiger partial charge in [0.15, 0.2) is 5.82 Å². The minimum absolute atomic E-state index is 0.531. The van der Waals surface area contributed by atoms with Crippen molar-refractivity contribution >= 4 is 40.8 Å². The maximum atomic E-state index is 9.39. The Hall–Kier alpha value is -2.99. The van der Waals surface area contributed by atoms with E-state index >= 15 is 0 Å². The predicted octanol–water partition coefficient (Wildman–Crippen LogP) is 5.83. The molecule has 0 spiro atoms. The zero-order chi connectivity index (χ0) is 21.6. The molecule has 0 fully saturated rings. The van der Waals surface area contributed by atoms with Crippen LogP contribution in [0.15, 0.2) is 60.0 Å². The molecule has 4 aromatic rings. The Balaban J connectivity index is 1.62. The topological polar surface area (TPSA) is 75.8 Å². The average molecular weight is 468 g/mol. The molecule has 9 heteroatoms. The van der Waals surface area contributed by atoms with E-state index in [4.69, 9.17) is 16.3 Å². The van der Waals surface area contributed by atoms with E-state index in [0.717, 1.165) is 22.1 Å². The predicted molar refractivity (Wildman–Crippen MR) is 127 cm³/mol. The minimum atomic E-state index is 0.531. The second kappa shape index (κ2) is 9.88. The second-order valence-corrected chi connectivity index (χ2v) is 8.77. The number of nitrogens with one attached hydrogen (secondary N) is 1. The Labute approximate surface area is 193 Å². The van der Waals surface area contributed by atoms with Gasteiger partial charge in [-0.25, -0.2) is 0 Å². The maximum Gasteiger partial charge on any atom is 0.239 e. The standard InChI is InChI=1S/C22H18ClN5OS2/c1-29-19-9-6-16(14-24)13-18(19)28-21(20-3-2-11-30-20)25-26-22(28)27-31-12-10-15-4-7-17(23)8-5-15/h2-9,11,13H,10,12H2,1H3,(H,26,27). The normalized spacial score (nSPS) is 10.6. The monoisotopic (exact) mass is 467 g/mol. The highest BCUT2D eigenvalue weighted by Gasteiger charge is 2.20. The van der Waals surface area contributed by atoms with Crippen molar-refractivity contribution in [3.05, 3.63) is 76.1 Å². The number of benzene rings is 2. The summed E-state index contributed by atoms with van der Waals surface area (Å²) in [5.41, 5.74) is 2.45. The highest BCUT2D eigenvalue weighted by molar-refractivity contribution is 8.00.